The van der Waals surface area contributed by atoms with Crippen molar-refractivity contribution in [3.63, 3.8) is 0 Å². The van der Waals surface area contributed by atoms with Gasteiger partial charge in [-0.1, -0.05) is 36.0 Å². The standard InChI is InChI=1S/C15H18N4S/c1-3-16-13-8-14(18-15(17-13)20-2)19-9-11-6-4-5-7-12(11)10-19/h4-8H,3,9-10H2,1-2H3,(H,16,17,18). The minimum absolute atomic E-state index is 0.814. The number of nitrogens with zero attached hydrogens (tertiary/aromatic N) is 3. The number of rotatable bonds is 4. The molecule has 1 aliphatic rings. The van der Waals surface area contributed by atoms with E-state index in [-0.39, 0.29) is 0 Å². The second-order valence-electron chi connectivity index (χ2n) is 4.75. The summed E-state index contributed by atoms with van der Waals surface area (Å²) in [6.45, 7) is 4.79. The van der Waals surface area contributed by atoms with Crippen molar-refractivity contribution in [2.75, 3.05) is 23.0 Å². The number of aromatic nitrogens is 2. The Morgan fingerprint density at radius 1 is 1.20 bits per heavy atom. The number of nitrogens with one attached hydrogen (secondary N) is 1. The summed E-state index contributed by atoms with van der Waals surface area (Å²) in [4.78, 5) is 11.4. The molecule has 2 heterocycles. The molecule has 1 aromatic heterocycles. The molecule has 1 aliphatic heterocycles. The van der Waals surface area contributed by atoms with E-state index in [1.54, 1.807) is 11.8 Å². The van der Waals surface area contributed by atoms with Gasteiger partial charge in [0, 0.05) is 25.7 Å². The third kappa shape index (κ3) is 2.58. The van der Waals surface area contributed by atoms with Gasteiger partial charge >= 0.3 is 0 Å². The van der Waals surface area contributed by atoms with E-state index in [1.807, 2.05) is 12.3 Å². The lowest BCUT2D eigenvalue weighted by Gasteiger charge is -2.18. The lowest BCUT2D eigenvalue weighted by molar-refractivity contribution is 0.825. The number of fused-ring (bicyclic) bond motifs is 1. The van der Waals surface area contributed by atoms with Crippen molar-refractivity contribution in [1.29, 1.82) is 0 Å². The first-order chi connectivity index (χ1) is 9.80. The van der Waals surface area contributed by atoms with Crippen molar-refractivity contribution < 1.29 is 0 Å². The Morgan fingerprint density at radius 3 is 2.50 bits per heavy atom. The van der Waals surface area contributed by atoms with E-state index >= 15 is 0 Å². The Bertz CT molecular complexity index is 590. The normalized spacial score (nSPS) is 13.4. The van der Waals surface area contributed by atoms with E-state index < -0.39 is 0 Å². The number of hydrogen-bond donors (Lipinski definition) is 1. The first kappa shape index (κ1) is 13.2. The molecule has 1 N–H and O–H groups in total. The maximum Gasteiger partial charge on any atom is 0.191 e. The Morgan fingerprint density at radius 2 is 1.90 bits per heavy atom. The zero-order valence-electron chi connectivity index (χ0n) is 11.8. The summed E-state index contributed by atoms with van der Waals surface area (Å²) in [5.74, 6) is 1.90. The van der Waals surface area contributed by atoms with Crippen LogP contribution in [-0.4, -0.2) is 22.8 Å². The van der Waals surface area contributed by atoms with Gasteiger partial charge in [0.1, 0.15) is 11.6 Å². The average Bonchev–Trinajstić information content (AvgIpc) is 2.91. The second-order valence-corrected chi connectivity index (χ2v) is 5.53. The highest BCUT2D eigenvalue weighted by atomic mass is 32.2. The smallest absolute Gasteiger partial charge is 0.191 e. The molecule has 0 spiro atoms. The highest BCUT2D eigenvalue weighted by Crippen LogP contribution is 2.29. The fraction of sp³-hybridized carbons (Fsp3) is 0.333. The second kappa shape index (κ2) is 5.71. The minimum atomic E-state index is 0.814. The fourth-order valence-corrected chi connectivity index (χ4v) is 2.81. The van der Waals surface area contributed by atoms with Gasteiger partial charge in [-0.05, 0) is 24.3 Å². The molecule has 0 bridgehead atoms. The van der Waals surface area contributed by atoms with Gasteiger partial charge in [0.25, 0.3) is 0 Å². The van der Waals surface area contributed by atoms with Crippen molar-refractivity contribution in [3.05, 3.63) is 41.5 Å². The van der Waals surface area contributed by atoms with Crippen LogP contribution in [0.4, 0.5) is 11.6 Å². The van der Waals surface area contributed by atoms with Crippen molar-refractivity contribution in [3.8, 4) is 0 Å². The fourth-order valence-electron chi connectivity index (χ4n) is 2.43. The van der Waals surface area contributed by atoms with Crippen LogP contribution < -0.4 is 10.2 Å². The topological polar surface area (TPSA) is 41.0 Å². The summed E-state index contributed by atoms with van der Waals surface area (Å²) in [6.07, 6.45) is 2.01. The Hall–Kier alpha value is -1.75. The van der Waals surface area contributed by atoms with E-state index in [9.17, 15) is 0 Å². The summed E-state index contributed by atoms with van der Waals surface area (Å²) in [5, 5.41) is 4.09. The van der Waals surface area contributed by atoms with Gasteiger partial charge in [0.05, 0.1) is 0 Å². The summed E-state index contributed by atoms with van der Waals surface area (Å²) < 4.78 is 0. The molecular formula is C15H18N4S. The molecule has 2 aromatic rings. The van der Waals surface area contributed by atoms with Crippen LogP contribution in [-0.2, 0) is 13.1 Å². The van der Waals surface area contributed by atoms with Gasteiger partial charge in [0.15, 0.2) is 5.16 Å². The van der Waals surface area contributed by atoms with E-state index in [4.69, 9.17) is 0 Å². The molecule has 104 valence electrons. The van der Waals surface area contributed by atoms with Crippen molar-refractivity contribution >= 4 is 23.4 Å². The van der Waals surface area contributed by atoms with Crippen LogP contribution in [0, 0.1) is 0 Å². The molecule has 20 heavy (non-hydrogen) atoms. The van der Waals surface area contributed by atoms with Crippen molar-refractivity contribution in [2.24, 2.45) is 0 Å². The maximum atomic E-state index is 4.64. The molecular weight excluding hydrogens is 268 g/mol. The van der Waals surface area contributed by atoms with Gasteiger partial charge in [-0.25, -0.2) is 9.97 Å². The number of thioether (sulfide) groups is 1. The highest BCUT2D eigenvalue weighted by Gasteiger charge is 2.20. The maximum absolute atomic E-state index is 4.64. The predicted molar refractivity (Wildman–Crippen MR) is 84.3 cm³/mol. The molecule has 1 aromatic carbocycles. The van der Waals surface area contributed by atoms with E-state index in [1.165, 1.54) is 11.1 Å². The van der Waals surface area contributed by atoms with Crippen LogP contribution in [0.5, 0.6) is 0 Å². The van der Waals surface area contributed by atoms with Gasteiger partial charge in [0.2, 0.25) is 0 Å². The summed E-state index contributed by atoms with van der Waals surface area (Å²) in [5.41, 5.74) is 2.78. The van der Waals surface area contributed by atoms with Gasteiger partial charge < -0.3 is 10.2 Å². The zero-order chi connectivity index (χ0) is 13.9. The summed E-state index contributed by atoms with van der Waals surface area (Å²) in [7, 11) is 0. The van der Waals surface area contributed by atoms with Gasteiger partial charge in [-0.3, -0.25) is 0 Å². The quantitative estimate of drug-likeness (QED) is 0.690. The molecule has 0 fully saturated rings. The van der Waals surface area contributed by atoms with Gasteiger partial charge in [-0.15, -0.1) is 0 Å². The highest BCUT2D eigenvalue weighted by molar-refractivity contribution is 7.98. The Balaban J connectivity index is 1.89. The van der Waals surface area contributed by atoms with Crippen LogP contribution in [0.15, 0.2) is 35.5 Å². The van der Waals surface area contributed by atoms with E-state index in [2.05, 4.69) is 51.4 Å². The molecule has 0 atom stereocenters. The molecule has 4 nitrogen and oxygen atoms in total. The summed E-state index contributed by atoms with van der Waals surface area (Å²) >= 11 is 1.58. The molecule has 0 saturated heterocycles. The zero-order valence-corrected chi connectivity index (χ0v) is 12.6. The molecule has 0 saturated carbocycles. The first-order valence-electron chi connectivity index (χ1n) is 6.79. The molecule has 3 rings (SSSR count). The number of benzene rings is 1. The molecule has 0 aliphatic carbocycles. The monoisotopic (exact) mass is 286 g/mol. The Kier molecular flexibility index (Phi) is 3.78. The van der Waals surface area contributed by atoms with Crippen LogP contribution in [0.2, 0.25) is 0 Å². The van der Waals surface area contributed by atoms with Crippen LogP contribution >= 0.6 is 11.8 Å². The first-order valence-corrected chi connectivity index (χ1v) is 8.01. The van der Waals surface area contributed by atoms with Crippen LogP contribution in [0.25, 0.3) is 0 Å². The molecule has 5 heteroatoms. The lowest BCUT2D eigenvalue weighted by Crippen LogP contribution is -2.17. The van der Waals surface area contributed by atoms with Crippen molar-refractivity contribution in [1.82, 2.24) is 9.97 Å². The van der Waals surface area contributed by atoms with Gasteiger partial charge in [-0.2, -0.15) is 0 Å². The number of hydrogen-bond acceptors (Lipinski definition) is 5. The predicted octanol–water partition coefficient (Wildman–Crippen LogP) is 3.15. The lowest BCUT2D eigenvalue weighted by atomic mass is 10.1. The van der Waals surface area contributed by atoms with Crippen molar-refractivity contribution in [2.45, 2.75) is 25.2 Å². The molecule has 0 amide bonds. The van der Waals surface area contributed by atoms with E-state index in [0.29, 0.717) is 0 Å². The third-order valence-corrected chi connectivity index (χ3v) is 3.95. The SMILES string of the molecule is CCNc1cc(N2Cc3ccccc3C2)nc(SC)n1. The molecule has 0 radical (unpaired) electrons. The largest absolute Gasteiger partial charge is 0.370 e. The summed E-state index contributed by atoms with van der Waals surface area (Å²) in [6, 6.07) is 10.6. The number of anilines is 2. The molecule has 0 unspecified atom stereocenters. The van der Waals surface area contributed by atoms with Crippen LogP contribution in [0.3, 0.4) is 0 Å². The average molecular weight is 286 g/mol. The van der Waals surface area contributed by atoms with E-state index in [0.717, 1.165) is 36.4 Å². The third-order valence-electron chi connectivity index (χ3n) is 3.40. The van der Waals surface area contributed by atoms with Crippen LogP contribution in [0.1, 0.15) is 18.1 Å². The minimum Gasteiger partial charge on any atom is -0.370 e. The Labute approximate surface area is 123 Å².